The highest BCUT2D eigenvalue weighted by Crippen LogP contribution is 2.21. The molecule has 2 aromatic rings. The predicted molar refractivity (Wildman–Crippen MR) is 80.0 cm³/mol. The van der Waals surface area contributed by atoms with Crippen LogP contribution in [0.25, 0.3) is 5.13 Å². The Bertz CT molecular complexity index is 514. The summed E-state index contributed by atoms with van der Waals surface area (Å²) in [5.41, 5.74) is 3.80. The predicted octanol–water partition coefficient (Wildman–Crippen LogP) is 2.95. The minimum atomic E-state index is 0.484. The van der Waals surface area contributed by atoms with Crippen molar-refractivity contribution in [3.05, 3.63) is 28.5 Å². The summed E-state index contributed by atoms with van der Waals surface area (Å²) >= 11 is 1.63. The molecule has 0 atom stereocenters. The van der Waals surface area contributed by atoms with Crippen molar-refractivity contribution < 1.29 is 0 Å². The van der Waals surface area contributed by atoms with Gasteiger partial charge in [0, 0.05) is 29.7 Å². The summed E-state index contributed by atoms with van der Waals surface area (Å²) in [5.74, 6) is 0. The van der Waals surface area contributed by atoms with Crippen LogP contribution in [0.15, 0.2) is 11.6 Å². The molecule has 0 bridgehead atoms. The lowest BCUT2D eigenvalue weighted by Crippen LogP contribution is -2.23. The fourth-order valence-corrected chi connectivity index (χ4v) is 2.79. The van der Waals surface area contributed by atoms with Crippen molar-refractivity contribution >= 4 is 11.3 Å². The van der Waals surface area contributed by atoms with Gasteiger partial charge in [0.25, 0.3) is 0 Å². The van der Waals surface area contributed by atoms with Crippen LogP contribution in [0, 0.1) is 0 Å². The van der Waals surface area contributed by atoms with Gasteiger partial charge in [0.2, 0.25) is 5.13 Å². The first kappa shape index (κ1) is 14.2. The van der Waals surface area contributed by atoms with E-state index in [0.29, 0.717) is 6.04 Å². The highest BCUT2D eigenvalue weighted by molar-refractivity contribution is 7.12. The molecule has 4 nitrogen and oxygen atoms in total. The van der Waals surface area contributed by atoms with Gasteiger partial charge >= 0.3 is 0 Å². The molecule has 0 aliphatic carbocycles. The van der Waals surface area contributed by atoms with Crippen molar-refractivity contribution in [3.63, 3.8) is 0 Å². The molecule has 0 fully saturated rings. The number of aromatic nitrogens is 3. The number of hydrogen-bond donors (Lipinski definition) is 1. The maximum Gasteiger partial charge on any atom is 0.210 e. The molecule has 19 heavy (non-hydrogen) atoms. The summed E-state index contributed by atoms with van der Waals surface area (Å²) in [5, 5.41) is 11.2. The number of nitrogens with one attached hydrogen (secondary N) is 1. The van der Waals surface area contributed by atoms with Gasteiger partial charge < -0.3 is 5.32 Å². The Hall–Kier alpha value is -1.20. The summed E-state index contributed by atoms with van der Waals surface area (Å²) in [6.07, 6.45) is 3.76. The van der Waals surface area contributed by atoms with Gasteiger partial charge in [-0.3, -0.25) is 0 Å². The van der Waals surface area contributed by atoms with Crippen molar-refractivity contribution in [3.8, 4) is 5.13 Å². The maximum absolute atomic E-state index is 4.74. The SMILES string of the molecule is CCc1nn(-c2nccs2)c(CC)c1CNC(C)C. The molecule has 0 aromatic carbocycles. The van der Waals surface area contributed by atoms with Gasteiger partial charge in [0.1, 0.15) is 0 Å². The number of nitrogens with zero attached hydrogens (tertiary/aromatic N) is 3. The van der Waals surface area contributed by atoms with Gasteiger partial charge in [-0.15, -0.1) is 11.3 Å². The quantitative estimate of drug-likeness (QED) is 0.883. The number of hydrogen-bond acceptors (Lipinski definition) is 4. The van der Waals surface area contributed by atoms with Crippen LogP contribution in [-0.4, -0.2) is 20.8 Å². The fourth-order valence-electron chi connectivity index (χ4n) is 2.17. The second kappa shape index (κ2) is 6.30. The third-order valence-corrected chi connectivity index (χ3v) is 3.88. The van der Waals surface area contributed by atoms with E-state index in [-0.39, 0.29) is 0 Å². The van der Waals surface area contributed by atoms with Crippen LogP contribution in [0.2, 0.25) is 0 Å². The van der Waals surface area contributed by atoms with E-state index in [2.05, 4.69) is 38.0 Å². The van der Waals surface area contributed by atoms with E-state index in [0.717, 1.165) is 24.5 Å². The van der Waals surface area contributed by atoms with Crippen molar-refractivity contribution in [2.75, 3.05) is 0 Å². The molecule has 104 valence electrons. The van der Waals surface area contributed by atoms with Gasteiger partial charge in [0.15, 0.2) is 0 Å². The zero-order valence-electron chi connectivity index (χ0n) is 12.1. The van der Waals surface area contributed by atoms with Gasteiger partial charge in [-0.05, 0) is 12.8 Å². The molecule has 0 aliphatic rings. The molecule has 0 spiro atoms. The summed E-state index contributed by atoms with van der Waals surface area (Å²) in [6, 6.07) is 0.484. The van der Waals surface area contributed by atoms with Crippen LogP contribution in [-0.2, 0) is 19.4 Å². The third kappa shape index (κ3) is 3.04. The summed E-state index contributed by atoms with van der Waals surface area (Å²) in [6.45, 7) is 9.56. The van der Waals surface area contributed by atoms with Crippen LogP contribution in [0.4, 0.5) is 0 Å². The first-order valence-electron chi connectivity index (χ1n) is 6.90. The lowest BCUT2D eigenvalue weighted by molar-refractivity contribution is 0.584. The van der Waals surface area contributed by atoms with Crippen LogP contribution in [0.3, 0.4) is 0 Å². The first-order valence-corrected chi connectivity index (χ1v) is 7.78. The van der Waals surface area contributed by atoms with Crippen molar-refractivity contribution in [2.24, 2.45) is 0 Å². The van der Waals surface area contributed by atoms with Crippen molar-refractivity contribution in [2.45, 2.75) is 53.1 Å². The smallest absolute Gasteiger partial charge is 0.210 e. The standard InChI is InChI=1S/C14H22N4S/c1-5-12-11(9-16-10(3)4)13(6-2)18(17-12)14-15-7-8-19-14/h7-8,10,16H,5-6,9H2,1-4H3. The molecule has 0 aliphatic heterocycles. The molecule has 0 unspecified atom stereocenters. The lowest BCUT2D eigenvalue weighted by atomic mass is 10.1. The van der Waals surface area contributed by atoms with E-state index in [4.69, 9.17) is 5.10 Å². The molecule has 2 heterocycles. The third-order valence-electron chi connectivity index (χ3n) is 3.13. The largest absolute Gasteiger partial charge is 0.310 e. The molecule has 0 radical (unpaired) electrons. The lowest BCUT2D eigenvalue weighted by Gasteiger charge is -2.10. The van der Waals surface area contributed by atoms with Gasteiger partial charge in [-0.2, -0.15) is 5.10 Å². The number of aryl methyl sites for hydroxylation is 1. The topological polar surface area (TPSA) is 42.7 Å². The zero-order chi connectivity index (χ0) is 13.8. The Morgan fingerprint density at radius 3 is 2.63 bits per heavy atom. The Morgan fingerprint density at radius 2 is 2.11 bits per heavy atom. The maximum atomic E-state index is 4.74. The van der Waals surface area contributed by atoms with Crippen LogP contribution < -0.4 is 5.32 Å². The molecule has 2 rings (SSSR count). The zero-order valence-corrected chi connectivity index (χ0v) is 12.9. The molecule has 0 saturated carbocycles. The Labute approximate surface area is 118 Å². The van der Waals surface area contributed by atoms with E-state index in [1.165, 1.54) is 17.0 Å². The van der Waals surface area contributed by atoms with Crippen molar-refractivity contribution in [1.82, 2.24) is 20.1 Å². The van der Waals surface area contributed by atoms with Gasteiger partial charge in [-0.25, -0.2) is 9.67 Å². The molecular weight excluding hydrogens is 256 g/mol. The van der Waals surface area contributed by atoms with E-state index in [1.54, 1.807) is 11.3 Å². The molecule has 5 heteroatoms. The Kier molecular flexibility index (Phi) is 4.71. The van der Waals surface area contributed by atoms with E-state index >= 15 is 0 Å². The highest BCUT2D eigenvalue weighted by Gasteiger charge is 2.17. The molecule has 1 N–H and O–H groups in total. The van der Waals surface area contributed by atoms with Gasteiger partial charge in [0.05, 0.1) is 11.4 Å². The second-order valence-corrected chi connectivity index (χ2v) is 5.71. The molecule has 0 amide bonds. The number of rotatable bonds is 6. The summed E-state index contributed by atoms with van der Waals surface area (Å²) in [7, 11) is 0. The van der Waals surface area contributed by atoms with E-state index in [9.17, 15) is 0 Å². The minimum absolute atomic E-state index is 0.484. The summed E-state index contributed by atoms with van der Waals surface area (Å²) < 4.78 is 2.01. The minimum Gasteiger partial charge on any atom is -0.310 e. The van der Waals surface area contributed by atoms with Crippen LogP contribution in [0.5, 0.6) is 0 Å². The molecule has 0 saturated heterocycles. The van der Waals surface area contributed by atoms with Crippen molar-refractivity contribution in [1.29, 1.82) is 0 Å². The highest BCUT2D eigenvalue weighted by atomic mass is 32.1. The average molecular weight is 278 g/mol. The van der Waals surface area contributed by atoms with E-state index in [1.807, 2.05) is 16.3 Å². The normalized spacial score (nSPS) is 11.4. The monoisotopic (exact) mass is 278 g/mol. The second-order valence-electron chi connectivity index (χ2n) is 4.84. The first-order chi connectivity index (χ1) is 9.17. The molecular formula is C14H22N4S. The summed E-state index contributed by atoms with van der Waals surface area (Å²) in [4.78, 5) is 4.38. The number of thiazole rings is 1. The van der Waals surface area contributed by atoms with Crippen LogP contribution in [0.1, 0.15) is 44.6 Å². The molecule has 2 aromatic heterocycles. The Morgan fingerprint density at radius 1 is 1.32 bits per heavy atom. The van der Waals surface area contributed by atoms with E-state index < -0.39 is 0 Å². The Balaban J connectivity index is 2.40. The van der Waals surface area contributed by atoms with Gasteiger partial charge in [-0.1, -0.05) is 27.7 Å². The fraction of sp³-hybridized carbons (Fsp3) is 0.571. The van der Waals surface area contributed by atoms with Crippen LogP contribution >= 0.6 is 11.3 Å². The average Bonchev–Trinajstić information content (AvgIpc) is 3.02.